The molecular weight excluding hydrogens is 328 g/mol. The van der Waals surface area contributed by atoms with Crippen LogP contribution in [0.1, 0.15) is 22.1 Å². The zero-order chi connectivity index (χ0) is 18.6. The number of carbonyl (C=O) groups excluding carboxylic acids is 1. The minimum absolute atomic E-state index is 0.0286. The van der Waals surface area contributed by atoms with Crippen LogP contribution in [0, 0.1) is 11.6 Å². The van der Waals surface area contributed by atoms with Crippen molar-refractivity contribution in [3.8, 4) is 0 Å². The summed E-state index contributed by atoms with van der Waals surface area (Å²) in [6.07, 6.45) is 0. The minimum Gasteiger partial charge on any atom is -0.361 e. The standard InChI is InChI=1S/C17H21F2N5O/c1-23(2)14(16-11(18)6-5-7-12(16)19)10-20-17(25)13-8-9-15(22-21-13)24(3)4/h5-9,14H,10H2,1-4H3,(H,20,25). The molecule has 6 nitrogen and oxygen atoms in total. The average Bonchev–Trinajstić information content (AvgIpc) is 2.56. The van der Waals surface area contributed by atoms with Crippen molar-refractivity contribution in [1.29, 1.82) is 0 Å². The third-order valence-electron chi connectivity index (χ3n) is 3.75. The molecule has 0 radical (unpaired) electrons. The largest absolute Gasteiger partial charge is 0.361 e. The highest BCUT2D eigenvalue weighted by molar-refractivity contribution is 5.92. The van der Waals surface area contributed by atoms with Gasteiger partial charge in [-0.1, -0.05) is 6.07 Å². The van der Waals surface area contributed by atoms with Gasteiger partial charge in [-0.05, 0) is 38.4 Å². The van der Waals surface area contributed by atoms with E-state index in [9.17, 15) is 13.6 Å². The fourth-order valence-electron chi connectivity index (χ4n) is 2.34. The molecule has 0 fully saturated rings. The second kappa shape index (κ2) is 7.98. The van der Waals surface area contributed by atoms with Gasteiger partial charge < -0.3 is 15.1 Å². The Kier molecular flexibility index (Phi) is 5.97. The van der Waals surface area contributed by atoms with Crippen molar-refractivity contribution in [2.24, 2.45) is 0 Å². The van der Waals surface area contributed by atoms with Crippen molar-refractivity contribution >= 4 is 11.7 Å². The van der Waals surface area contributed by atoms with E-state index >= 15 is 0 Å². The molecule has 1 amide bonds. The molecule has 0 saturated heterocycles. The van der Waals surface area contributed by atoms with E-state index in [1.807, 2.05) is 14.1 Å². The Morgan fingerprint density at radius 1 is 1.08 bits per heavy atom. The van der Waals surface area contributed by atoms with Gasteiger partial charge in [-0.15, -0.1) is 10.2 Å². The number of rotatable bonds is 6. The smallest absolute Gasteiger partial charge is 0.271 e. The van der Waals surface area contributed by atoms with Gasteiger partial charge in [0.05, 0.1) is 6.04 Å². The minimum atomic E-state index is -0.654. The van der Waals surface area contributed by atoms with Gasteiger partial charge in [0.15, 0.2) is 11.5 Å². The lowest BCUT2D eigenvalue weighted by Crippen LogP contribution is -2.36. The number of halogens is 2. The fourth-order valence-corrected chi connectivity index (χ4v) is 2.34. The van der Waals surface area contributed by atoms with Gasteiger partial charge in [-0.3, -0.25) is 4.79 Å². The van der Waals surface area contributed by atoms with Gasteiger partial charge in [0.2, 0.25) is 0 Å². The summed E-state index contributed by atoms with van der Waals surface area (Å²) in [4.78, 5) is 15.6. The summed E-state index contributed by atoms with van der Waals surface area (Å²) in [6.45, 7) is 0.0286. The maximum atomic E-state index is 14.0. The van der Waals surface area contributed by atoms with Crippen LogP contribution in [0.2, 0.25) is 0 Å². The molecule has 2 aromatic rings. The molecule has 2 rings (SSSR count). The van der Waals surface area contributed by atoms with Gasteiger partial charge in [0.25, 0.3) is 5.91 Å². The van der Waals surface area contributed by atoms with Crippen LogP contribution in [-0.2, 0) is 0 Å². The highest BCUT2D eigenvalue weighted by Gasteiger charge is 2.23. The highest BCUT2D eigenvalue weighted by atomic mass is 19.1. The number of hydrogen-bond donors (Lipinski definition) is 1. The van der Waals surface area contributed by atoms with Crippen LogP contribution < -0.4 is 10.2 Å². The number of carbonyl (C=O) groups is 1. The van der Waals surface area contributed by atoms with Crippen molar-refractivity contribution in [3.63, 3.8) is 0 Å². The first kappa shape index (κ1) is 18.7. The molecule has 0 aliphatic heterocycles. The summed E-state index contributed by atoms with van der Waals surface area (Å²) in [5, 5.41) is 10.4. The SMILES string of the molecule is CN(C)c1ccc(C(=O)NCC(c2c(F)cccc2F)N(C)C)nn1. The summed E-state index contributed by atoms with van der Waals surface area (Å²) in [7, 11) is 7.01. The topological polar surface area (TPSA) is 61.4 Å². The van der Waals surface area contributed by atoms with Gasteiger partial charge in [-0.25, -0.2) is 8.78 Å². The highest BCUT2D eigenvalue weighted by Crippen LogP contribution is 2.24. The molecule has 0 aliphatic rings. The van der Waals surface area contributed by atoms with E-state index in [1.165, 1.54) is 18.2 Å². The quantitative estimate of drug-likeness (QED) is 0.862. The second-order valence-electron chi connectivity index (χ2n) is 6.00. The lowest BCUT2D eigenvalue weighted by atomic mass is 10.0. The Balaban J connectivity index is 2.12. The van der Waals surface area contributed by atoms with E-state index in [0.29, 0.717) is 5.82 Å². The van der Waals surface area contributed by atoms with Crippen molar-refractivity contribution < 1.29 is 13.6 Å². The van der Waals surface area contributed by atoms with Crippen molar-refractivity contribution in [1.82, 2.24) is 20.4 Å². The molecule has 0 spiro atoms. The lowest BCUT2D eigenvalue weighted by Gasteiger charge is -2.25. The van der Waals surface area contributed by atoms with Crippen LogP contribution in [0.4, 0.5) is 14.6 Å². The Hall–Kier alpha value is -2.61. The first-order valence-corrected chi connectivity index (χ1v) is 7.71. The fraction of sp³-hybridized carbons (Fsp3) is 0.353. The molecule has 1 unspecified atom stereocenters. The van der Waals surface area contributed by atoms with Crippen LogP contribution in [0.15, 0.2) is 30.3 Å². The number of nitrogens with zero attached hydrogens (tertiary/aromatic N) is 4. The number of hydrogen-bond acceptors (Lipinski definition) is 5. The average molecular weight is 349 g/mol. The van der Waals surface area contributed by atoms with Crippen molar-refractivity contribution in [2.45, 2.75) is 6.04 Å². The van der Waals surface area contributed by atoms with Gasteiger partial charge in [0, 0.05) is 26.2 Å². The Labute approximate surface area is 145 Å². The summed E-state index contributed by atoms with van der Waals surface area (Å²) in [6, 6.07) is 6.26. The van der Waals surface area contributed by atoms with E-state index in [0.717, 1.165) is 0 Å². The summed E-state index contributed by atoms with van der Waals surface area (Å²) in [5.41, 5.74) is 0.0546. The molecular formula is C17H21F2N5O. The van der Waals surface area contributed by atoms with Gasteiger partial charge >= 0.3 is 0 Å². The molecule has 25 heavy (non-hydrogen) atoms. The Morgan fingerprint density at radius 2 is 1.72 bits per heavy atom. The maximum absolute atomic E-state index is 14.0. The number of anilines is 1. The van der Waals surface area contributed by atoms with Crippen LogP contribution in [-0.4, -0.2) is 55.7 Å². The Morgan fingerprint density at radius 3 is 2.20 bits per heavy atom. The zero-order valence-electron chi connectivity index (χ0n) is 14.6. The lowest BCUT2D eigenvalue weighted by molar-refractivity contribution is 0.0934. The van der Waals surface area contributed by atoms with Crippen LogP contribution in [0.25, 0.3) is 0 Å². The van der Waals surface area contributed by atoms with Gasteiger partial charge in [-0.2, -0.15) is 0 Å². The summed E-state index contributed by atoms with van der Waals surface area (Å²) >= 11 is 0. The molecule has 0 saturated carbocycles. The number of amides is 1. The van der Waals surface area contributed by atoms with Crippen molar-refractivity contribution in [2.75, 3.05) is 39.6 Å². The van der Waals surface area contributed by atoms with E-state index in [1.54, 1.807) is 36.0 Å². The summed E-state index contributed by atoms with van der Waals surface area (Å²) < 4.78 is 28.0. The normalized spacial score (nSPS) is 12.1. The van der Waals surface area contributed by atoms with Crippen LogP contribution in [0.3, 0.4) is 0 Å². The van der Waals surface area contributed by atoms with Crippen LogP contribution >= 0.6 is 0 Å². The number of aromatic nitrogens is 2. The molecule has 1 aromatic carbocycles. The van der Waals surface area contributed by atoms with E-state index in [-0.39, 0.29) is 17.8 Å². The first-order valence-electron chi connectivity index (χ1n) is 7.71. The predicted octanol–water partition coefficient (Wildman–Crippen LogP) is 1.85. The van der Waals surface area contributed by atoms with E-state index in [4.69, 9.17) is 0 Å². The van der Waals surface area contributed by atoms with Crippen molar-refractivity contribution in [3.05, 3.63) is 53.2 Å². The molecule has 1 aromatic heterocycles. The predicted molar refractivity (Wildman–Crippen MR) is 91.5 cm³/mol. The molecule has 1 atom stereocenters. The molecule has 1 heterocycles. The molecule has 134 valence electrons. The third-order valence-corrected chi connectivity index (χ3v) is 3.75. The second-order valence-corrected chi connectivity index (χ2v) is 6.00. The number of nitrogens with one attached hydrogen (secondary N) is 1. The maximum Gasteiger partial charge on any atom is 0.271 e. The molecule has 8 heteroatoms. The monoisotopic (exact) mass is 349 g/mol. The summed E-state index contributed by atoms with van der Waals surface area (Å²) in [5.74, 6) is -1.14. The Bertz CT molecular complexity index is 714. The number of benzene rings is 1. The molecule has 0 bridgehead atoms. The zero-order valence-corrected chi connectivity index (χ0v) is 14.6. The van der Waals surface area contributed by atoms with E-state index in [2.05, 4.69) is 15.5 Å². The number of likely N-dealkylation sites (N-methyl/N-ethyl adjacent to an activating group) is 1. The molecule has 1 N–H and O–H groups in total. The van der Waals surface area contributed by atoms with Gasteiger partial charge in [0.1, 0.15) is 11.6 Å². The van der Waals surface area contributed by atoms with Crippen LogP contribution in [0.5, 0.6) is 0 Å². The first-order chi connectivity index (χ1) is 11.8. The van der Waals surface area contributed by atoms with E-state index < -0.39 is 23.6 Å². The third kappa shape index (κ3) is 4.48. The molecule has 0 aliphatic carbocycles.